The molecule has 0 atom stereocenters. The third-order valence-electron chi connectivity index (χ3n) is 3.75. The van der Waals surface area contributed by atoms with Crippen molar-refractivity contribution in [2.45, 2.75) is 6.92 Å². The maximum absolute atomic E-state index is 12.2. The number of carbonyl (C=O) groups is 2. The van der Waals surface area contributed by atoms with Crippen LogP contribution in [0, 0.1) is 0 Å². The number of carbonyl (C=O) groups excluding carboxylic acids is 2. The summed E-state index contributed by atoms with van der Waals surface area (Å²) in [6, 6.07) is 16.5. The van der Waals surface area contributed by atoms with E-state index in [9.17, 15) is 9.59 Å². The van der Waals surface area contributed by atoms with E-state index in [2.05, 4.69) is 26.6 Å². The molecular formula is C20H16BrClN2O3. The highest BCUT2D eigenvalue weighted by Gasteiger charge is 2.11. The smallest absolute Gasteiger partial charge is 0.262 e. The number of rotatable bonds is 5. The first-order chi connectivity index (χ1) is 12.9. The molecule has 0 bridgehead atoms. The van der Waals surface area contributed by atoms with Crippen molar-refractivity contribution in [2.24, 2.45) is 0 Å². The van der Waals surface area contributed by atoms with Crippen LogP contribution in [0.5, 0.6) is 5.75 Å². The summed E-state index contributed by atoms with van der Waals surface area (Å²) in [6.07, 6.45) is 0. The Morgan fingerprint density at radius 2 is 1.85 bits per heavy atom. The number of anilines is 2. The molecule has 7 heteroatoms. The Hall–Kier alpha value is -2.57. The number of benzene rings is 3. The fraction of sp³-hybridized carbons (Fsp3) is 0.100. The molecule has 0 saturated carbocycles. The van der Waals surface area contributed by atoms with Gasteiger partial charge in [0.1, 0.15) is 5.75 Å². The van der Waals surface area contributed by atoms with Crippen LogP contribution in [0.4, 0.5) is 11.4 Å². The Morgan fingerprint density at radius 1 is 1.07 bits per heavy atom. The van der Waals surface area contributed by atoms with Crippen LogP contribution in [0.2, 0.25) is 5.02 Å². The highest BCUT2D eigenvalue weighted by Crippen LogP contribution is 2.33. The molecule has 0 aliphatic carbocycles. The predicted octanol–water partition coefficient (Wildman–Crippen LogP) is 5.23. The van der Waals surface area contributed by atoms with Crippen LogP contribution in [0.3, 0.4) is 0 Å². The van der Waals surface area contributed by atoms with E-state index >= 15 is 0 Å². The molecule has 5 nitrogen and oxygen atoms in total. The minimum Gasteiger partial charge on any atom is -0.483 e. The maximum Gasteiger partial charge on any atom is 0.262 e. The first kappa shape index (κ1) is 19.2. The Labute approximate surface area is 169 Å². The van der Waals surface area contributed by atoms with E-state index in [4.69, 9.17) is 16.3 Å². The zero-order valence-corrected chi connectivity index (χ0v) is 16.7. The van der Waals surface area contributed by atoms with Gasteiger partial charge < -0.3 is 15.4 Å². The second kappa shape index (κ2) is 8.41. The van der Waals surface area contributed by atoms with Gasteiger partial charge in [0.2, 0.25) is 5.91 Å². The predicted molar refractivity (Wildman–Crippen MR) is 112 cm³/mol. The van der Waals surface area contributed by atoms with Crippen molar-refractivity contribution < 1.29 is 14.3 Å². The lowest BCUT2D eigenvalue weighted by Crippen LogP contribution is -2.20. The van der Waals surface area contributed by atoms with Crippen molar-refractivity contribution in [3.05, 3.63) is 64.1 Å². The molecule has 3 aromatic rings. The number of halogens is 2. The normalized spacial score (nSPS) is 10.5. The van der Waals surface area contributed by atoms with Crippen LogP contribution in [-0.2, 0) is 9.59 Å². The molecule has 0 aromatic heterocycles. The molecular weight excluding hydrogens is 432 g/mol. The van der Waals surface area contributed by atoms with Gasteiger partial charge in [-0.3, -0.25) is 9.59 Å². The van der Waals surface area contributed by atoms with Gasteiger partial charge in [0.25, 0.3) is 5.91 Å². The van der Waals surface area contributed by atoms with Gasteiger partial charge in [-0.15, -0.1) is 0 Å². The van der Waals surface area contributed by atoms with Crippen LogP contribution < -0.4 is 15.4 Å². The van der Waals surface area contributed by atoms with Crippen molar-refractivity contribution >= 4 is 61.5 Å². The third kappa shape index (κ3) is 4.78. The van der Waals surface area contributed by atoms with E-state index < -0.39 is 0 Å². The van der Waals surface area contributed by atoms with Crippen molar-refractivity contribution in [1.82, 2.24) is 0 Å². The molecule has 0 spiro atoms. The van der Waals surface area contributed by atoms with Gasteiger partial charge in [0, 0.05) is 12.6 Å². The summed E-state index contributed by atoms with van der Waals surface area (Å²) in [5, 5.41) is 7.72. The van der Waals surface area contributed by atoms with Gasteiger partial charge in [-0.1, -0.05) is 41.9 Å². The average molecular weight is 448 g/mol. The van der Waals surface area contributed by atoms with E-state index in [1.165, 1.54) is 6.92 Å². The summed E-state index contributed by atoms with van der Waals surface area (Å²) in [5.74, 6) is 0.0393. The first-order valence-electron chi connectivity index (χ1n) is 8.11. The minimum absolute atomic E-state index is 0.166. The standard InChI is InChI=1S/C20H16BrClN2O3/c1-12(25)23-14-7-8-17(16(22)10-14)24-19(26)11-27-18-9-6-13-4-2-3-5-15(13)20(18)21/h2-10H,11H2,1H3,(H,23,25)(H,24,26). The quantitative estimate of drug-likeness (QED) is 0.563. The number of hydrogen-bond donors (Lipinski definition) is 2. The van der Waals surface area contributed by atoms with Gasteiger partial charge >= 0.3 is 0 Å². The topological polar surface area (TPSA) is 67.4 Å². The number of ether oxygens (including phenoxy) is 1. The summed E-state index contributed by atoms with van der Waals surface area (Å²) in [5.41, 5.74) is 0.999. The van der Waals surface area contributed by atoms with Crippen LogP contribution in [-0.4, -0.2) is 18.4 Å². The van der Waals surface area contributed by atoms with Crippen molar-refractivity contribution in [1.29, 1.82) is 0 Å². The molecule has 0 unspecified atom stereocenters. The monoisotopic (exact) mass is 446 g/mol. The van der Waals surface area contributed by atoms with Gasteiger partial charge in [-0.2, -0.15) is 0 Å². The SMILES string of the molecule is CC(=O)Nc1ccc(NC(=O)COc2ccc3ccccc3c2Br)c(Cl)c1. The summed E-state index contributed by atoms with van der Waals surface area (Å²) < 4.78 is 6.43. The molecule has 0 aliphatic heterocycles. The fourth-order valence-electron chi connectivity index (χ4n) is 2.55. The van der Waals surface area contributed by atoms with Crippen molar-refractivity contribution in [3.63, 3.8) is 0 Å². The van der Waals surface area contributed by atoms with E-state index in [0.29, 0.717) is 22.1 Å². The summed E-state index contributed by atoms with van der Waals surface area (Å²) >= 11 is 9.68. The molecule has 0 saturated heterocycles. The van der Waals surface area contributed by atoms with E-state index in [1.807, 2.05) is 36.4 Å². The van der Waals surface area contributed by atoms with Gasteiger partial charge in [-0.05, 0) is 51.0 Å². The largest absolute Gasteiger partial charge is 0.483 e. The molecule has 3 rings (SSSR count). The molecule has 0 heterocycles. The number of nitrogens with one attached hydrogen (secondary N) is 2. The van der Waals surface area contributed by atoms with Gasteiger partial charge in [0.05, 0.1) is 15.2 Å². The lowest BCUT2D eigenvalue weighted by atomic mass is 10.1. The summed E-state index contributed by atoms with van der Waals surface area (Å²) in [7, 11) is 0. The average Bonchev–Trinajstić information content (AvgIpc) is 2.63. The highest BCUT2D eigenvalue weighted by atomic mass is 79.9. The van der Waals surface area contributed by atoms with Gasteiger partial charge in [0.15, 0.2) is 6.61 Å². The molecule has 0 fully saturated rings. The zero-order chi connectivity index (χ0) is 19.4. The van der Waals surface area contributed by atoms with Crippen LogP contribution >= 0.6 is 27.5 Å². The third-order valence-corrected chi connectivity index (χ3v) is 4.88. The Morgan fingerprint density at radius 3 is 2.59 bits per heavy atom. The first-order valence-corrected chi connectivity index (χ1v) is 9.28. The molecule has 138 valence electrons. The van der Waals surface area contributed by atoms with E-state index in [0.717, 1.165) is 15.2 Å². The maximum atomic E-state index is 12.2. The summed E-state index contributed by atoms with van der Waals surface area (Å²) in [4.78, 5) is 23.3. The van der Waals surface area contributed by atoms with Gasteiger partial charge in [-0.25, -0.2) is 0 Å². The lowest BCUT2D eigenvalue weighted by Gasteiger charge is -2.12. The molecule has 3 aromatic carbocycles. The molecule has 27 heavy (non-hydrogen) atoms. The van der Waals surface area contributed by atoms with E-state index in [-0.39, 0.29) is 18.4 Å². The molecule has 0 radical (unpaired) electrons. The molecule has 0 aliphatic rings. The number of fused-ring (bicyclic) bond motifs is 1. The van der Waals surface area contributed by atoms with Crippen LogP contribution in [0.1, 0.15) is 6.92 Å². The summed E-state index contributed by atoms with van der Waals surface area (Å²) in [6.45, 7) is 1.24. The number of amides is 2. The van der Waals surface area contributed by atoms with Crippen molar-refractivity contribution in [3.8, 4) is 5.75 Å². The van der Waals surface area contributed by atoms with Crippen LogP contribution in [0.25, 0.3) is 10.8 Å². The van der Waals surface area contributed by atoms with Crippen LogP contribution in [0.15, 0.2) is 59.1 Å². The fourth-order valence-corrected chi connectivity index (χ4v) is 3.39. The second-order valence-electron chi connectivity index (χ2n) is 5.81. The van der Waals surface area contributed by atoms with E-state index in [1.54, 1.807) is 18.2 Å². The zero-order valence-electron chi connectivity index (χ0n) is 14.4. The van der Waals surface area contributed by atoms with Crippen molar-refractivity contribution in [2.75, 3.05) is 17.2 Å². The lowest BCUT2D eigenvalue weighted by molar-refractivity contribution is -0.118. The Balaban J connectivity index is 1.65. The minimum atomic E-state index is -0.343. The number of hydrogen-bond acceptors (Lipinski definition) is 3. The Kier molecular flexibility index (Phi) is 5.98. The molecule has 2 amide bonds. The Bertz CT molecular complexity index is 1020. The highest BCUT2D eigenvalue weighted by molar-refractivity contribution is 9.10. The second-order valence-corrected chi connectivity index (χ2v) is 7.01. The molecule has 2 N–H and O–H groups in total.